The van der Waals surface area contributed by atoms with Crippen LogP contribution in [0.1, 0.15) is 6.92 Å². The molecule has 1 aromatic carbocycles. The van der Waals surface area contributed by atoms with E-state index in [4.69, 9.17) is 4.74 Å². The van der Waals surface area contributed by atoms with Crippen molar-refractivity contribution >= 4 is 12.6 Å². The molecule has 0 aliphatic carbocycles. The molecule has 0 aliphatic rings. The average molecular weight is 155 g/mol. The van der Waals surface area contributed by atoms with E-state index in [9.17, 15) is 0 Å². The number of hydrogen-bond donors (Lipinski definition) is 0. The van der Waals surface area contributed by atoms with Gasteiger partial charge in [-0.25, -0.2) is 0 Å². The molecular formula is C8H11OS+. The Morgan fingerprint density at radius 3 is 2.40 bits per heavy atom. The maximum atomic E-state index is 5.24. The van der Waals surface area contributed by atoms with E-state index in [1.54, 1.807) is 0 Å². The smallest absolute Gasteiger partial charge is 0.150 e. The second-order valence-electron chi connectivity index (χ2n) is 1.96. The maximum absolute atomic E-state index is 5.24. The van der Waals surface area contributed by atoms with Gasteiger partial charge in [0.05, 0.1) is 6.61 Å². The summed E-state index contributed by atoms with van der Waals surface area (Å²) in [5.41, 5.74) is 0. The van der Waals surface area contributed by atoms with Gasteiger partial charge in [0.15, 0.2) is 4.90 Å². The molecule has 0 heterocycles. The third-order valence-corrected chi connectivity index (χ3v) is 1.50. The van der Waals surface area contributed by atoms with E-state index in [1.807, 2.05) is 31.2 Å². The van der Waals surface area contributed by atoms with Crippen molar-refractivity contribution in [1.82, 2.24) is 0 Å². The monoisotopic (exact) mass is 155 g/mol. The summed E-state index contributed by atoms with van der Waals surface area (Å²) >= 11 is 3.39. The molecule has 0 aliphatic heterocycles. The Kier molecular flexibility index (Phi) is 2.63. The molecule has 0 unspecified atom stereocenters. The third-order valence-electron chi connectivity index (χ3n) is 1.17. The predicted octanol–water partition coefficient (Wildman–Crippen LogP) is 1.46. The lowest BCUT2D eigenvalue weighted by Gasteiger charge is -1.99. The largest absolute Gasteiger partial charge is 0.494 e. The highest BCUT2D eigenvalue weighted by molar-refractivity contribution is 7.58. The van der Waals surface area contributed by atoms with Crippen molar-refractivity contribution in [3.8, 4) is 5.75 Å². The van der Waals surface area contributed by atoms with Gasteiger partial charge >= 0.3 is 0 Å². The first kappa shape index (κ1) is 7.48. The maximum Gasteiger partial charge on any atom is 0.150 e. The van der Waals surface area contributed by atoms with Crippen molar-refractivity contribution < 1.29 is 4.74 Å². The molecule has 54 valence electrons. The fourth-order valence-corrected chi connectivity index (χ4v) is 0.884. The Balaban J connectivity index is 2.69. The SMILES string of the molecule is CCOc1ccc([SH2+])cc1. The quantitative estimate of drug-likeness (QED) is 0.587. The molecule has 0 radical (unpaired) electrons. The van der Waals surface area contributed by atoms with Crippen LogP contribution in [0.3, 0.4) is 0 Å². The number of rotatable bonds is 2. The van der Waals surface area contributed by atoms with Crippen molar-refractivity contribution in [2.24, 2.45) is 0 Å². The Hall–Kier alpha value is -0.630. The van der Waals surface area contributed by atoms with Crippen LogP contribution in [0.4, 0.5) is 0 Å². The van der Waals surface area contributed by atoms with Crippen LogP contribution < -0.4 is 4.74 Å². The minimum Gasteiger partial charge on any atom is -0.494 e. The molecule has 1 rings (SSSR count). The summed E-state index contributed by atoms with van der Waals surface area (Å²) in [6.45, 7) is 2.70. The van der Waals surface area contributed by atoms with Crippen LogP contribution in [0.5, 0.6) is 5.75 Å². The van der Waals surface area contributed by atoms with Crippen molar-refractivity contribution in [2.75, 3.05) is 6.61 Å². The zero-order chi connectivity index (χ0) is 7.40. The van der Waals surface area contributed by atoms with Crippen molar-refractivity contribution in [3.05, 3.63) is 24.3 Å². The van der Waals surface area contributed by atoms with Crippen LogP contribution in [0.25, 0.3) is 0 Å². The lowest BCUT2D eigenvalue weighted by molar-refractivity contribution is 0.340. The van der Waals surface area contributed by atoms with Gasteiger partial charge in [-0.1, -0.05) is 0 Å². The lowest BCUT2D eigenvalue weighted by atomic mass is 10.3. The summed E-state index contributed by atoms with van der Waals surface area (Å²) in [6, 6.07) is 7.79. The van der Waals surface area contributed by atoms with E-state index in [-0.39, 0.29) is 0 Å². The molecule has 1 nitrogen and oxygen atoms in total. The molecule has 0 N–H and O–H groups in total. The Bertz CT molecular complexity index is 193. The molecule has 0 amide bonds. The first-order valence-electron chi connectivity index (χ1n) is 3.27. The van der Waals surface area contributed by atoms with Crippen LogP contribution >= 0.6 is 0 Å². The normalized spacial score (nSPS) is 9.40. The molecule has 1 aromatic rings. The van der Waals surface area contributed by atoms with Crippen molar-refractivity contribution in [2.45, 2.75) is 11.8 Å². The highest BCUT2D eigenvalue weighted by Crippen LogP contribution is 2.10. The second kappa shape index (κ2) is 3.52. The van der Waals surface area contributed by atoms with Gasteiger partial charge in [-0.05, 0) is 43.8 Å². The fourth-order valence-electron chi connectivity index (χ4n) is 0.718. The van der Waals surface area contributed by atoms with Gasteiger partial charge in [0.2, 0.25) is 0 Å². The second-order valence-corrected chi connectivity index (χ2v) is 2.53. The van der Waals surface area contributed by atoms with Crippen LogP contribution in [0.15, 0.2) is 29.2 Å². The molecule has 0 saturated heterocycles. The van der Waals surface area contributed by atoms with Crippen LogP contribution in [0, 0.1) is 0 Å². The molecule has 0 atom stereocenters. The first-order chi connectivity index (χ1) is 4.83. The molecule has 0 saturated carbocycles. The van der Waals surface area contributed by atoms with E-state index in [0.717, 1.165) is 17.3 Å². The van der Waals surface area contributed by atoms with E-state index in [0.29, 0.717) is 0 Å². The summed E-state index contributed by atoms with van der Waals surface area (Å²) in [7, 11) is 0. The Labute approximate surface area is 66.4 Å². The number of hydrogen-bond acceptors (Lipinski definition) is 1. The summed E-state index contributed by atoms with van der Waals surface area (Å²) in [6.07, 6.45) is 0. The van der Waals surface area contributed by atoms with E-state index in [1.165, 1.54) is 0 Å². The van der Waals surface area contributed by atoms with Crippen molar-refractivity contribution in [1.29, 1.82) is 0 Å². The van der Waals surface area contributed by atoms with Gasteiger partial charge in [0, 0.05) is 0 Å². The molecule has 0 fully saturated rings. The standard InChI is InChI=1S/C8H10OS/c1-2-9-7-3-5-8(10)6-4-7/h3-6,10H,2H2,1H3/p+1. The fraction of sp³-hybridized carbons (Fsp3) is 0.250. The van der Waals surface area contributed by atoms with Gasteiger partial charge in [0.1, 0.15) is 5.75 Å². The first-order valence-corrected chi connectivity index (χ1v) is 3.77. The molecule has 2 heteroatoms. The van der Waals surface area contributed by atoms with E-state index < -0.39 is 0 Å². The minimum absolute atomic E-state index is 0.723. The average Bonchev–Trinajstić information content (AvgIpc) is 1.95. The topological polar surface area (TPSA) is 9.23 Å². The van der Waals surface area contributed by atoms with Gasteiger partial charge in [-0.2, -0.15) is 0 Å². The highest BCUT2D eigenvalue weighted by atomic mass is 32.1. The highest BCUT2D eigenvalue weighted by Gasteiger charge is 1.92. The molecular weight excluding hydrogens is 144 g/mol. The zero-order valence-corrected chi connectivity index (χ0v) is 6.92. The third kappa shape index (κ3) is 1.95. The molecule has 0 aromatic heterocycles. The Morgan fingerprint density at radius 2 is 1.90 bits per heavy atom. The molecule has 0 spiro atoms. The number of ether oxygens (including phenoxy) is 1. The van der Waals surface area contributed by atoms with Gasteiger partial charge in [0.25, 0.3) is 0 Å². The van der Waals surface area contributed by atoms with Crippen molar-refractivity contribution in [3.63, 3.8) is 0 Å². The summed E-state index contributed by atoms with van der Waals surface area (Å²) < 4.78 is 5.24. The molecule has 0 bridgehead atoms. The zero-order valence-electron chi connectivity index (χ0n) is 5.92. The van der Waals surface area contributed by atoms with Gasteiger partial charge < -0.3 is 4.74 Å². The Morgan fingerprint density at radius 1 is 1.30 bits per heavy atom. The van der Waals surface area contributed by atoms with Gasteiger partial charge in [-0.15, -0.1) is 0 Å². The lowest BCUT2D eigenvalue weighted by Crippen LogP contribution is -1.90. The molecule has 10 heavy (non-hydrogen) atoms. The summed E-state index contributed by atoms with van der Waals surface area (Å²) in [5, 5.41) is 0. The van der Waals surface area contributed by atoms with Gasteiger partial charge in [-0.3, -0.25) is 0 Å². The predicted molar refractivity (Wildman–Crippen MR) is 46.0 cm³/mol. The summed E-state index contributed by atoms with van der Waals surface area (Å²) in [4.78, 5) is 1.07. The van der Waals surface area contributed by atoms with Crippen LogP contribution in [-0.4, -0.2) is 6.61 Å². The van der Waals surface area contributed by atoms with E-state index in [2.05, 4.69) is 12.6 Å². The minimum atomic E-state index is 0.723. The number of benzene rings is 1. The van der Waals surface area contributed by atoms with Crippen LogP contribution in [0.2, 0.25) is 0 Å². The van der Waals surface area contributed by atoms with Crippen LogP contribution in [-0.2, 0) is 12.6 Å². The van der Waals surface area contributed by atoms with E-state index >= 15 is 0 Å². The summed E-state index contributed by atoms with van der Waals surface area (Å²) in [5.74, 6) is 0.921.